The fraction of sp³-hybridized carbons (Fsp3) is 0.500. The maximum atomic E-state index is 11.7. The summed E-state index contributed by atoms with van der Waals surface area (Å²) < 4.78 is 0. The van der Waals surface area contributed by atoms with Crippen LogP contribution in [0.5, 0.6) is 0 Å². The lowest BCUT2D eigenvalue weighted by molar-refractivity contribution is -0.123. The minimum Gasteiger partial charge on any atom is -0.396 e. The number of aliphatic hydroxyl groups excluding tert-OH is 1. The molecule has 0 aromatic heterocycles. The van der Waals surface area contributed by atoms with Crippen LogP contribution in [0.1, 0.15) is 25.3 Å². The molecular weight excluding hydrogens is 228 g/mol. The largest absolute Gasteiger partial charge is 0.396 e. The van der Waals surface area contributed by atoms with Gasteiger partial charge in [-0.25, -0.2) is 0 Å². The summed E-state index contributed by atoms with van der Waals surface area (Å²) in [6.07, 6.45) is 0. The Balaban J connectivity index is 2.53. The number of benzene rings is 1. The van der Waals surface area contributed by atoms with Gasteiger partial charge in [-0.05, 0) is 11.5 Å². The standard InChI is InChI=1S/C14H22N2O2/c1-10(2)13(15)14(18)16-8-12(9-17)11-6-4-3-5-7-11/h3-7,10,12-13,17H,8-9,15H2,1-2H3,(H,16,18)/t12?,13-/m0/s1. The van der Waals surface area contributed by atoms with Crippen molar-refractivity contribution in [2.45, 2.75) is 25.8 Å². The Bertz CT molecular complexity index is 365. The maximum absolute atomic E-state index is 11.7. The second kappa shape index (κ2) is 7.13. The van der Waals surface area contributed by atoms with Crippen LogP contribution in [0.3, 0.4) is 0 Å². The second-order valence-electron chi connectivity index (χ2n) is 4.81. The van der Waals surface area contributed by atoms with Gasteiger partial charge in [0, 0.05) is 12.5 Å². The van der Waals surface area contributed by atoms with E-state index in [0.29, 0.717) is 6.54 Å². The summed E-state index contributed by atoms with van der Waals surface area (Å²) in [5.74, 6) is -0.150. The van der Waals surface area contributed by atoms with E-state index in [-0.39, 0.29) is 24.3 Å². The van der Waals surface area contributed by atoms with Crippen LogP contribution >= 0.6 is 0 Å². The second-order valence-corrected chi connectivity index (χ2v) is 4.81. The van der Waals surface area contributed by atoms with E-state index in [1.807, 2.05) is 44.2 Å². The van der Waals surface area contributed by atoms with E-state index in [4.69, 9.17) is 5.73 Å². The molecule has 100 valence electrons. The van der Waals surface area contributed by atoms with E-state index in [1.165, 1.54) is 0 Å². The predicted octanol–water partition coefficient (Wildman–Crippen LogP) is 0.862. The molecule has 0 fully saturated rings. The summed E-state index contributed by atoms with van der Waals surface area (Å²) in [5, 5.41) is 12.1. The minimum absolute atomic E-state index is 0.00120. The van der Waals surface area contributed by atoms with Crippen LogP contribution in [-0.2, 0) is 4.79 Å². The average Bonchev–Trinajstić information content (AvgIpc) is 2.39. The number of nitrogens with one attached hydrogen (secondary N) is 1. The minimum atomic E-state index is -0.500. The van der Waals surface area contributed by atoms with Gasteiger partial charge in [-0.15, -0.1) is 0 Å². The van der Waals surface area contributed by atoms with Gasteiger partial charge in [0.2, 0.25) is 5.91 Å². The molecule has 4 nitrogen and oxygen atoms in total. The lowest BCUT2D eigenvalue weighted by Crippen LogP contribution is -2.45. The zero-order valence-corrected chi connectivity index (χ0v) is 11.0. The molecule has 0 saturated heterocycles. The van der Waals surface area contributed by atoms with Crippen molar-refractivity contribution in [1.29, 1.82) is 0 Å². The normalized spacial score (nSPS) is 14.3. The number of amides is 1. The molecule has 0 aliphatic rings. The van der Waals surface area contributed by atoms with Crippen molar-refractivity contribution in [3.63, 3.8) is 0 Å². The lowest BCUT2D eigenvalue weighted by atomic mass is 9.99. The summed E-state index contributed by atoms with van der Waals surface area (Å²) in [7, 11) is 0. The first kappa shape index (κ1) is 14.7. The number of nitrogens with two attached hydrogens (primary N) is 1. The summed E-state index contributed by atoms with van der Waals surface area (Å²) in [6.45, 7) is 4.22. The third kappa shape index (κ3) is 4.13. The Morgan fingerprint density at radius 1 is 1.33 bits per heavy atom. The summed E-state index contributed by atoms with van der Waals surface area (Å²) in [6, 6.07) is 9.13. The van der Waals surface area contributed by atoms with E-state index in [9.17, 15) is 9.90 Å². The number of carbonyl (C=O) groups excluding carboxylic acids is 1. The highest BCUT2D eigenvalue weighted by atomic mass is 16.3. The molecule has 0 aliphatic heterocycles. The van der Waals surface area contributed by atoms with Crippen LogP contribution in [0.25, 0.3) is 0 Å². The van der Waals surface area contributed by atoms with E-state index in [0.717, 1.165) is 5.56 Å². The quantitative estimate of drug-likeness (QED) is 0.701. The van der Waals surface area contributed by atoms with E-state index < -0.39 is 6.04 Å². The Kier molecular flexibility index (Phi) is 5.82. The van der Waals surface area contributed by atoms with E-state index >= 15 is 0 Å². The molecule has 1 aromatic carbocycles. The monoisotopic (exact) mass is 250 g/mol. The number of hydrogen-bond acceptors (Lipinski definition) is 3. The molecule has 0 saturated carbocycles. The number of aliphatic hydroxyl groups is 1. The van der Waals surface area contributed by atoms with Gasteiger partial charge < -0.3 is 16.2 Å². The first-order valence-corrected chi connectivity index (χ1v) is 6.25. The summed E-state index contributed by atoms with van der Waals surface area (Å²) >= 11 is 0. The van der Waals surface area contributed by atoms with Crippen LogP contribution in [0, 0.1) is 5.92 Å². The zero-order valence-electron chi connectivity index (χ0n) is 11.0. The molecule has 0 aliphatic carbocycles. The van der Waals surface area contributed by atoms with Crippen molar-refractivity contribution < 1.29 is 9.90 Å². The zero-order chi connectivity index (χ0) is 13.5. The Hall–Kier alpha value is -1.39. The highest BCUT2D eigenvalue weighted by molar-refractivity contribution is 5.81. The van der Waals surface area contributed by atoms with Gasteiger partial charge in [0.1, 0.15) is 0 Å². The van der Waals surface area contributed by atoms with Crippen molar-refractivity contribution in [2.75, 3.05) is 13.2 Å². The van der Waals surface area contributed by atoms with Crippen molar-refractivity contribution >= 4 is 5.91 Å². The molecule has 4 heteroatoms. The van der Waals surface area contributed by atoms with Crippen molar-refractivity contribution in [2.24, 2.45) is 11.7 Å². The van der Waals surface area contributed by atoms with Gasteiger partial charge in [-0.1, -0.05) is 44.2 Å². The number of rotatable bonds is 6. The van der Waals surface area contributed by atoms with Crippen LogP contribution < -0.4 is 11.1 Å². The predicted molar refractivity (Wildman–Crippen MR) is 72.1 cm³/mol. The fourth-order valence-corrected chi connectivity index (χ4v) is 1.66. The van der Waals surface area contributed by atoms with E-state index in [1.54, 1.807) is 0 Å². The molecule has 1 aromatic rings. The molecule has 1 unspecified atom stereocenters. The third-order valence-electron chi connectivity index (χ3n) is 3.04. The van der Waals surface area contributed by atoms with Crippen LogP contribution in [0.2, 0.25) is 0 Å². The van der Waals surface area contributed by atoms with Crippen LogP contribution in [0.4, 0.5) is 0 Å². The molecular formula is C14H22N2O2. The molecule has 0 spiro atoms. The SMILES string of the molecule is CC(C)[C@H](N)C(=O)NCC(CO)c1ccccc1. The summed E-state index contributed by atoms with van der Waals surface area (Å²) in [4.78, 5) is 11.7. The van der Waals surface area contributed by atoms with Crippen LogP contribution in [-0.4, -0.2) is 30.2 Å². The smallest absolute Gasteiger partial charge is 0.237 e. The number of carbonyl (C=O) groups is 1. The van der Waals surface area contributed by atoms with Gasteiger partial charge in [0.05, 0.1) is 12.6 Å². The van der Waals surface area contributed by atoms with Gasteiger partial charge >= 0.3 is 0 Å². The summed E-state index contributed by atoms with van der Waals surface area (Å²) in [5.41, 5.74) is 6.76. The maximum Gasteiger partial charge on any atom is 0.237 e. The molecule has 1 amide bonds. The molecule has 18 heavy (non-hydrogen) atoms. The fourth-order valence-electron chi connectivity index (χ4n) is 1.66. The molecule has 2 atom stereocenters. The Morgan fingerprint density at radius 3 is 2.44 bits per heavy atom. The van der Waals surface area contributed by atoms with Gasteiger partial charge in [0.25, 0.3) is 0 Å². The number of hydrogen-bond donors (Lipinski definition) is 3. The Labute approximate surface area is 108 Å². The molecule has 4 N–H and O–H groups in total. The van der Waals surface area contributed by atoms with Crippen molar-refractivity contribution in [3.05, 3.63) is 35.9 Å². The van der Waals surface area contributed by atoms with Gasteiger partial charge in [0.15, 0.2) is 0 Å². The first-order valence-electron chi connectivity index (χ1n) is 6.25. The van der Waals surface area contributed by atoms with Crippen molar-refractivity contribution in [1.82, 2.24) is 5.32 Å². The first-order chi connectivity index (χ1) is 8.56. The van der Waals surface area contributed by atoms with Gasteiger partial charge in [-0.2, -0.15) is 0 Å². The molecule has 0 heterocycles. The highest BCUT2D eigenvalue weighted by Crippen LogP contribution is 2.13. The molecule has 1 rings (SSSR count). The van der Waals surface area contributed by atoms with Crippen LogP contribution in [0.15, 0.2) is 30.3 Å². The average molecular weight is 250 g/mol. The van der Waals surface area contributed by atoms with Crippen molar-refractivity contribution in [3.8, 4) is 0 Å². The lowest BCUT2D eigenvalue weighted by Gasteiger charge is -2.19. The third-order valence-corrected chi connectivity index (χ3v) is 3.04. The van der Waals surface area contributed by atoms with Gasteiger partial charge in [-0.3, -0.25) is 4.79 Å². The van der Waals surface area contributed by atoms with E-state index in [2.05, 4.69) is 5.32 Å². The molecule has 0 radical (unpaired) electrons. The highest BCUT2D eigenvalue weighted by Gasteiger charge is 2.18. The molecule has 0 bridgehead atoms. The Morgan fingerprint density at radius 2 is 1.94 bits per heavy atom. The topological polar surface area (TPSA) is 75.4 Å².